The predicted octanol–water partition coefficient (Wildman–Crippen LogP) is 2.93. The summed E-state index contributed by atoms with van der Waals surface area (Å²) < 4.78 is 1.05. The van der Waals surface area contributed by atoms with Crippen LogP contribution in [0.3, 0.4) is 0 Å². The van der Waals surface area contributed by atoms with Gasteiger partial charge in [-0.2, -0.15) is 0 Å². The Balaban J connectivity index is 2.65. The van der Waals surface area contributed by atoms with Crippen LogP contribution >= 0.6 is 34.2 Å². The largest absolute Gasteiger partial charge is 0.340 e. The lowest BCUT2D eigenvalue weighted by molar-refractivity contribution is 0.715. The number of aromatic nitrogens is 2. The summed E-state index contributed by atoms with van der Waals surface area (Å²) in [5.74, 6) is 1.39. The lowest BCUT2D eigenvalue weighted by Crippen LogP contribution is -2.28. The first-order valence-electron chi connectivity index (χ1n) is 5.06. The number of hydrogen-bond donors (Lipinski definition) is 0. The third kappa shape index (κ3) is 4.51. The summed E-state index contributed by atoms with van der Waals surface area (Å²) >= 11 is 7.96. The summed E-state index contributed by atoms with van der Waals surface area (Å²) in [4.78, 5) is 10.7. The van der Waals surface area contributed by atoms with Crippen LogP contribution in [0.1, 0.15) is 19.8 Å². The van der Waals surface area contributed by atoms with Gasteiger partial charge in [-0.3, -0.25) is 0 Å². The van der Waals surface area contributed by atoms with Crippen LogP contribution in [-0.2, 0) is 0 Å². The van der Waals surface area contributed by atoms with Crippen LogP contribution in [0.15, 0.2) is 12.4 Å². The maximum absolute atomic E-state index is 5.76. The molecule has 1 aromatic rings. The van der Waals surface area contributed by atoms with Crippen molar-refractivity contribution in [2.24, 2.45) is 0 Å². The van der Waals surface area contributed by atoms with E-state index in [4.69, 9.17) is 11.6 Å². The van der Waals surface area contributed by atoms with Gasteiger partial charge in [0.1, 0.15) is 0 Å². The zero-order valence-corrected chi connectivity index (χ0v) is 11.7. The molecule has 1 rings (SSSR count). The fourth-order valence-electron chi connectivity index (χ4n) is 1.23. The van der Waals surface area contributed by atoms with E-state index in [1.807, 2.05) is 12.4 Å². The van der Waals surface area contributed by atoms with Gasteiger partial charge in [0, 0.05) is 34.9 Å². The molecule has 0 spiro atoms. The number of alkyl halides is 1. The number of rotatable bonds is 6. The van der Waals surface area contributed by atoms with E-state index in [2.05, 4.69) is 44.4 Å². The lowest BCUT2D eigenvalue weighted by atomic mass is 10.3. The molecule has 0 fully saturated rings. The number of hydrogen-bond acceptors (Lipinski definition) is 3. The summed E-state index contributed by atoms with van der Waals surface area (Å²) in [7, 11) is 0. The monoisotopic (exact) mass is 339 g/mol. The minimum absolute atomic E-state index is 0.610. The molecule has 15 heavy (non-hydrogen) atoms. The van der Waals surface area contributed by atoms with Crippen LogP contribution in [0.5, 0.6) is 0 Å². The molecule has 84 valence electrons. The van der Waals surface area contributed by atoms with Gasteiger partial charge in [0.2, 0.25) is 5.95 Å². The fourth-order valence-corrected chi connectivity index (χ4v) is 1.71. The Hall–Kier alpha value is -0.100. The molecule has 0 bridgehead atoms. The summed E-state index contributed by atoms with van der Waals surface area (Å²) in [5, 5.41) is 0. The second-order valence-electron chi connectivity index (χ2n) is 3.23. The van der Waals surface area contributed by atoms with Crippen LogP contribution in [0.4, 0.5) is 5.95 Å². The van der Waals surface area contributed by atoms with E-state index in [1.54, 1.807) is 0 Å². The second kappa shape index (κ2) is 7.22. The van der Waals surface area contributed by atoms with Crippen molar-refractivity contribution in [3.8, 4) is 0 Å². The molecule has 1 aromatic heterocycles. The highest BCUT2D eigenvalue weighted by Crippen LogP contribution is 2.09. The minimum atomic E-state index is 0.610. The van der Waals surface area contributed by atoms with E-state index < -0.39 is 0 Å². The Kier molecular flexibility index (Phi) is 6.24. The molecule has 0 aliphatic heterocycles. The maximum atomic E-state index is 5.76. The minimum Gasteiger partial charge on any atom is -0.340 e. The van der Waals surface area contributed by atoms with Gasteiger partial charge in [-0.25, -0.2) is 9.97 Å². The Morgan fingerprint density at radius 2 is 2.00 bits per heavy atom. The van der Waals surface area contributed by atoms with Crippen molar-refractivity contribution in [2.75, 3.05) is 23.9 Å². The average molecular weight is 340 g/mol. The highest BCUT2D eigenvalue weighted by molar-refractivity contribution is 14.1. The zero-order chi connectivity index (χ0) is 11.1. The van der Waals surface area contributed by atoms with Crippen LogP contribution in [0.25, 0.3) is 0 Å². The van der Waals surface area contributed by atoms with Crippen molar-refractivity contribution < 1.29 is 0 Å². The molecule has 0 saturated carbocycles. The zero-order valence-electron chi connectivity index (χ0n) is 8.79. The van der Waals surface area contributed by atoms with Gasteiger partial charge in [-0.1, -0.05) is 13.3 Å². The van der Waals surface area contributed by atoms with Crippen molar-refractivity contribution in [3.05, 3.63) is 16.0 Å². The van der Waals surface area contributed by atoms with Crippen molar-refractivity contribution in [2.45, 2.75) is 19.8 Å². The first-order chi connectivity index (χ1) is 7.27. The molecule has 0 N–H and O–H groups in total. The van der Waals surface area contributed by atoms with Crippen LogP contribution in [0, 0.1) is 3.57 Å². The quantitative estimate of drug-likeness (QED) is 0.589. The number of anilines is 1. The van der Waals surface area contributed by atoms with Gasteiger partial charge in [0.15, 0.2) is 0 Å². The fraction of sp³-hybridized carbons (Fsp3) is 0.600. The van der Waals surface area contributed by atoms with E-state index in [0.717, 1.165) is 29.0 Å². The van der Waals surface area contributed by atoms with E-state index >= 15 is 0 Å². The molecule has 0 radical (unpaired) electrons. The molecular weight excluding hydrogens is 324 g/mol. The summed E-state index contributed by atoms with van der Waals surface area (Å²) in [5.41, 5.74) is 0. The first kappa shape index (κ1) is 13.0. The number of nitrogens with zero attached hydrogens (tertiary/aromatic N) is 3. The topological polar surface area (TPSA) is 29.0 Å². The molecular formula is C10H15ClIN3. The standard InChI is InChI=1S/C10H15ClIN3/c1-2-3-5-15(6-4-11)10-13-7-9(12)8-14-10/h7-8H,2-6H2,1H3. The van der Waals surface area contributed by atoms with Gasteiger partial charge in [0.25, 0.3) is 0 Å². The van der Waals surface area contributed by atoms with Crippen molar-refractivity contribution in [1.82, 2.24) is 9.97 Å². The third-order valence-electron chi connectivity index (χ3n) is 2.03. The van der Waals surface area contributed by atoms with E-state index in [0.29, 0.717) is 5.88 Å². The van der Waals surface area contributed by atoms with E-state index in [-0.39, 0.29) is 0 Å². The molecule has 0 aliphatic carbocycles. The first-order valence-corrected chi connectivity index (χ1v) is 6.67. The average Bonchev–Trinajstić information content (AvgIpc) is 2.25. The van der Waals surface area contributed by atoms with Gasteiger partial charge in [-0.05, 0) is 29.0 Å². The molecule has 0 saturated heterocycles. The Bertz CT molecular complexity index is 279. The highest BCUT2D eigenvalue weighted by Gasteiger charge is 2.07. The molecule has 0 atom stereocenters. The highest BCUT2D eigenvalue weighted by atomic mass is 127. The molecule has 0 unspecified atom stereocenters. The van der Waals surface area contributed by atoms with Gasteiger partial charge < -0.3 is 4.90 Å². The van der Waals surface area contributed by atoms with Crippen molar-refractivity contribution >= 4 is 40.1 Å². The van der Waals surface area contributed by atoms with Gasteiger partial charge in [0.05, 0.1) is 0 Å². The Morgan fingerprint density at radius 3 is 2.53 bits per heavy atom. The third-order valence-corrected chi connectivity index (χ3v) is 2.75. The number of unbranched alkanes of at least 4 members (excludes halogenated alkanes) is 1. The summed E-state index contributed by atoms with van der Waals surface area (Å²) in [6.07, 6.45) is 5.97. The molecule has 0 aromatic carbocycles. The predicted molar refractivity (Wildman–Crippen MR) is 72.6 cm³/mol. The van der Waals surface area contributed by atoms with E-state index in [9.17, 15) is 0 Å². The van der Waals surface area contributed by atoms with Crippen LogP contribution in [0.2, 0.25) is 0 Å². The Morgan fingerprint density at radius 1 is 1.33 bits per heavy atom. The smallest absolute Gasteiger partial charge is 0.225 e. The lowest BCUT2D eigenvalue weighted by Gasteiger charge is -2.20. The summed E-state index contributed by atoms with van der Waals surface area (Å²) in [6, 6.07) is 0. The molecule has 5 heteroatoms. The molecule has 0 aliphatic rings. The Labute approximate surface area is 109 Å². The van der Waals surface area contributed by atoms with Gasteiger partial charge >= 0.3 is 0 Å². The maximum Gasteiger partial charge on any atom is 0.225 e. The van der Waals surface area contributed by atoms with E-state index in [1.165, 1.54) is 6.42 Å². The van der Waals surface area contributed by atoms with Gasteiger partial charge in [-0.15, -0.1) is 11.6 Å². The van der Waals surface area contributed by atoms with Crippen LogP contribution in [-0.4, -0.2) is 28.9 Å². The second-order valence-corrected chi connectivity index (χ2v) is 4.85. The SMILES string of the molecule is CCCCN(CCCl)c1ncc(I)cn1. The van der Waals surface area contributed by atoms with Crippen LogP contribution < -0.4 is 4.90 Å². The molecule has 3 nitrogen and oxygen atoms in total. The summed E-state index contributed by atoms with van der Waals surface area (Å²) in [6.45, 7) is 3.96. The van der Waals surface area contributed by atoms with Crippen molar-refractivity contribution in [1.29, 1.82) is 0 Å². The normalized spacial score (nSPS) is 10.3. The van der Waals surface area contributed by atoms with Crippen molar-refractivity contribution in [3.63, 3.8) is 0 Å². The number of halogens is 2. The molecule has 1 heterocycles. The molecule has 0 amide bonds.